The number of carbonyl (C=O) groups excluding carboxylic acids is 1. The summed E-state index contributed by atoms with van der Waals surface area (Å²) >= 11 is 0. The molecule has 3 aromatic carbocycles. The summed E-state index contributed by atoms with van der Waals surface area (Å²) in [6.07, 6.45) is 1.69. The quantitative estimate of drug-likeness (QED) is 0.112. The predicted octanol–water partition coefficient (Wildman–Crippen LogP) is 7.59. The SMILES string of the molecule is C=O.CC.CC.CCOc1ccc(C[C@@H](CCN(CC(C)C)S(=O)(=O)c2ccc(OC)cc2)NC(=O)O)cc1.CO.COc1ccccc1.OCC[C@H]1CCOC1. The minimum absolute atomic E-state index is 0.106. The van der Waals surface area contributed by atoms with Crippen LogP contribution < -0.4 is 19.5 Å². The van der Waals surface area contributed by atoms with Crippen molar-refractivity contribution in [2.24, 2.45) is 11.8 Å². The van der Waals surface area contributed by atoms with Gasteiger partial charge in [-0.15, -0.1) is 0 Å². The molecule has 0 aliphatic carbocycles. The van der Waals surface area contributed by atoms with Gasteiger partial charge in [0, 0.05) is 46.1 Å². The predicted molar refractivity (Wildman–Crippen MR) is 229 cm³/mol. The first kappa shape index (κ1) is 57.1. The molecule has 0 bridgehead atoms. The van der Waals surface area contributed by atoms with Gasteiger partial charge in [0.1, 0.15) is 24.0 Å². The molecule has 1 saturated heterocycles. The summed E-state index contributed by atoms with van der Waals surface area (Å²) in [5.74, 6) is 2.98. The number of para-hydroxylation sites is 1. The van der Waals surface area contributed by atoms with Gasteiger partial charge in [-0.25, -0.2) is 13.2 Å². The lowest BCUT2D eigenvalue weighted by atomic mass is 10.0. The van der Waals surface area contributed by atoms with E-state index < -0.39 is 22.2 Å². The molecular formula is C43H72N2O11S. The van der Waals surface area contributed by atoms with Gasteiger partial charge >= 0.3 is 6.09 Å². The molecule has 0 saturated carbocycles. The number of aliphatic hydroxyl groups is 2. The number of methoxy groups -OCH3 is 2. The molecule has 13 nitrogen and oxygen atoms in total. The number of nitrogens with one attached hydrogen (secondary N) is 1. The number of ether oxygens (including phenoxy) is 4. The van der Waals surface area contributed by atoms with E-state index in [4.69, 9.17) is 34.0 Å². The molecule has 1 amide bonds. The Balaban J connectivity index is -0.000000981. The molecule has 0 radical (unpaired) electrons. The Hall–Kier alpha value is -4.21. The maximum Gasteiger partial charge on any atom is 0.404 e. The van der Waals surface area contributed by atoms with Crippen LogP contribution in [0.4, 0.5) is 4.79 Å². The number of aliphatic hydroxyl groups excluding tert-OH is 2. The second-order valence-electron chi connectivity index (χ2n) is 11.9. The lowest BCUT2D eigenvalue weighted by molar-refractivity contribution is -0.0980. The number of hydrogen-bond acceptors (Lipinski definition) is 10. The normalized spacial score (nSPS) is 12.9. The highest BCUT2D eigenvalue weighted by Gasteiger charge is 2.26. The summed E-state index contributed by atoms with van der Waals surface area (Å²) in [6.45, 7) is 19.0. The van der Waals surface area contributed by atoms with Crippen LogP contribution in [0.1, 0.15) is 73.3 Å². The van der Waals surface area contributed by atoms with Crippen molar-refractivity contribution in [3.05, 3.63) is 84.4 Å². The van der Waals surface area contributed by atoms with Crippen molar-refractivity contribution in [2.75, 3.05) is 60.8 Å². The van der Waals surface area contributed by atoms with E-state index in [0.29, 0.717) is 44.3 Å². The highest BCUT2D eigenvalue weighted by atomic mass is 32.2. The number of amides is 1. The molecule has 2 atom stereocenters. The summed E-state index contributed by atoms with van der Waals surface area (Å²) in [6, 6.07) is 23.0. The molecule has 1 aliphatic rings. The average Bonchev–Trinajstić information content (AvgIpc) is 3.77. The van der Waals surface area contributed by atoms with Crippen molar-refractivity contribution in [2.45, 2.75) is 85.1 Å². The number of carboxylic acid groups (broad SMARTS) is 1. The zero-order chi connectivity index (χ0) is 44.1. The van der Waals surface area contributed by atoms with Gasteiger partial charge in [0.2, 0.25) is 10.0 Å². The van der Waals surface area contributed by atoms with Crippen LogP contribution in [0.3, 0.4) is 0 Å². The van der Waals surface area contributed by atoms with Gasteiger partial charge in [-0.2, -0.15) is 4.31 Å². The highest BCUT2D eigenvalue weighted by Crippen LogP contribution is 2.22. The van der Waals surface area contributed by atoms with Crippen molar-refractivity contribution in [1.82, 2.24) is 9.62 Å². The first-order chi connectivity index (χ1) is 27.5. The van der Waals surface area contributed by atoms with E-state index in [9.17, 15) is 18.3 Å². The molecule has 1 aliphatic heterocycles. The van der Waals surface area contributed by atoms with Crippen LogP contribution in [0.2, 0.25) is 0 Å². The van der Waals surface area contributed by atoms with Gasteiger partial charge in [0.15, 0.2) is 0 Å². The molecule has 57 heavy (non-hydrogen) atoms. The zero-order valence-corrected chi connectivity index (χ0v) is 36.8. The molecule has 3 aromatic rings. The van der Waals surface area contributed by atoms with Gasteiger partial charge in [-0.05, 0) is 98.5 Å². The third-order valence-corrected chi connectivity index (χ3v) is 9.46. The third-order valence-electron chi connectivity index (χ3n) is 7.58. The van der Waals surface area contributed by atoms with E-state index in [-0.39, 0.29) is 17.4 Å². The van der Waals surface area contributed by atoms with E-state index in [1.54, 1.807) is 19.2 Å². The Morgan fingerprint density at radius 2 is 1.42 bits per heavy atom. The van der Waals surface area contributed by atoms with E-state index in [1.165, 1.54) is 23.5 Å². The first-order valence-corrected chi connectivity index (χ1v) is 20.8. The molecule has 0 unspecified atom stereocenters. The Morgan fingerprint density at radius 1 is 0.895 bits per heavy atom. The van der Waals surface area contributed by atoms with E-state index >= 15 is 0 Å². The number of carbonyl (C=O) groups is 2. The number of sulfonamides is 1. The van der Waals surface area contributed by atoms with Gasteiger partial charge in [0.05, 0.1) is 25.7 Å². The smallest absolute Gasteiger partial charge is 0.404 e. The second kappa shape index (κ2) is 37.4. The van der Waals surface area contributed by atoms with Crippen molar-refractivity contribution >= 4 is 22.9 Å². The van der Waals surface area contributed by atoms with Crippen molar-refractivity contribution in [3.63, 3.8) is 0 Å². The zero-order valence-electron chi connectivity index (χ0n) is 36.0. The topological polar surface area (TPSA) is 181 Å². The van der Waals surface area contributed by atoms with Gasteiger partial charge in [-0.3, -0.25) is 0 Å². The minimum Gasteiger partial charge on any atom is -0.497 e. The number of hydrogen-bond donors (Lipinski definition) is 4. The third kappa shape index (κ3) is 26.4. The summed E-state index contributed by atoms with van der Waals surface area (Å²) in [5, 5.41) is 27.3. The van der Waals surface area contributed by atoms with Crippen molar-refractivity contribution in [3.8, 4) is 17.2 Å². The fourth-order valence-electron chi connectivity index (χ4n) is 5.04. The molecule has 0 spiro atoms. The molecule has 0 aromatic heterocycles. The summed E-state index contributed by atoms with van der Waals surface area (Å²) in [4.78, 5) is 19.5. The van der Waals surface area contributed by atoms with Crippen molar-refractivity contribution < 1.29 is 52.3 Å². The second-order valence-corrected chi connectivity index (χ2v) is 13.8. The van der Waals surface area contributed by atoms with E-state index in [2.05, 4.69) is 5.32 Å². The van der Waals surface area contributed by atoms with Gasteiger partial charge < -0.3 is 44.4 Å². The van der Waals surface area contributed by atoms with Crippen LogP contribution >= 0.6 is 0 Å². The lowest BCUT2D eigenvalue weighted by Crippen LogP contribution is -2.41. The monoisotopic (exact) mass is 824 g/mol. The molecular weight excluding hydrogens is 753 g/mol. The molecule has 1 fully saturated rings. The van der Waals surface area contributed by atoms with Crippen molar-refractivity contribution in [1.29, 1.82) is 0 Å². The molecule has 4 N–H and O–H groups in total. The average molecular weight is 825 g/mol. The van der Waals surface area contributed by atoms with Crippen LogP contribution in [0, 0.1) is 11.8 Å². The molecule has 326 valence electrons. The molecule has 4 rings (SSSR count). The Kier molecular flexibility index (Phi) is 37.4. The number of rotatable bonds is 16. The van der Waals surface area contributed by atoms with Crippen LogP contribution in [-0.4, -0.2) is 108 Å². The summed E-state index contributed by atoms with van der Waals surface area (Å²) < 4.78 is 48.6. The summed E-state index contributed by atoms with van der Waals surface area (Å²) in [5.41, 5.74) is 0.936. The van der Waals surface area contributed by atoms with Crippen LogP contribution in [0.15, 0.2) is 83.8 Å². The largest absolute Gasteiger partial charge is 0.497 e. The Labute approximate surface area is 343 Å². The van der Waals surface area contributed by atoms with Gasteiger partial charge in [-0.1, -0.05) is 71.9 Å². The highest BCUT2D eigenvalue weighted by molar-refractivity contribution is 7.89. The van der Waals surface area contributed by atoms with E-state index in [0.717, 1.165) is 50.2 Å². The van der Waals surface area contributed by atoms with E-state index in [1.807, 2.05) is 110 Å². The standard InChI is InChI=1S/C24H34N2O6S.C7H8O.C6H12O2.2C2H6.CH4O.CH2O/c1-5-32-22-8-6-19(7-9-22)16-20(25-24(27)28)14-15-26(17-18(2)3)33(29,30)23-12-10-21(31-4)11-13-23;1-8-7-5-3-2-4-6-7;7-3-1-6-2-4-8-5-6;4*1-2/h6-13,18,20,25H,5,14-17H2,1-4H3,(H,27,28);2-6H,1H3;6-7H,1-5H2;2*1-2H3;2H,1H3;1H2/t20-;;6-;;;;/m1.0..../s1. The van der Waals surface area contributed by atoms with Gasteiger partial charge in [0.25, 0.3) is 0 Å². The number of nitrogens with zero attached hydrogens (tertiary/aromatic N) is 1. The Morgan fingerprint density at radius 3 is 1.84 bits per heavy atom. The minimum atomic E-state index is -3.74. The molecule has 1 heterocycles. The van der Waals surface area contributed by atoms with Crippen LogP contribution in [0.5, 0.6) is 17.2 Å². The lowest BCUT2D eigenvalue weighted by Gasteiger charge is -2.26. The Bertz CT molecular complexity index is 1440. The maximum absolute atomic E-state index is 13.3. The molecule has 14 heteroatoms. The summed E-state index contributed by atoms with van der Waals surface area (Å²) in [7, 11) is 0.440. The van der Waals surface area contributed by atoms with Crippen LogP contribution in [-0.2, 0) is 26.0 Å². The number of benzene rings is 3. The van der Waals surface area contributed by atoms with Crippen LogP contribution in [0.25, 0.3) is 0 Å². The first-order valence-electron chi connectivity index (χ1n) is 19.4. The maximum atomic E-state index is 13.3. The fraction of sp³-hybridized carbons (Fsp3) is 0.535. The fourth-order valence-corrected chi connectivity index (χ4v) is 6.65.